The number of carbonyl (C=O) groups is 2. The number of rotatable bonds is 47. The van der Waals surface area contributed by atoms with Crippen molar-refractivity contribution < 1.29 is 19.1 Å². The van der Waals surface area contributed by atoms with Gasteiger partial charge in [-0.3, -0.25) is 9.59 Å². The van der Waals surface area contributed by atoms with Crippen LogP contribution in [0.3, 0.4) is 0 Å². The first-order valence-corrected chi connectivity index (χ1v) is 25.9. The first kappa shape index (κ1) is 56.2. The number of esters is 2. The maximum atomic E-state index is 13.1. The van der Waals surface area contributed by atoms with E-state index in [2.05, 4.69) is 51.2 Å². The van der Waals surface area contributed by atoms with Gasteiger partial charge in [-0.25, -0.2) is 0 Å². The molecule has 0 saturated heterocycles. The molecule has 0 bridgehead atoms. The normalized spacial score (nSPS) is 12.4. The summed E-state index contributed by atoms with van der Waals surface area (Å²) in [7, 11) is 0. The molecule has 4 nitrogen and oxygen atoms in total. The molecule has 0 radical (unpaired) electrons. The quantitative estimate of drug-likeness (QED) is 0.0349. The van der Waals surface area contributed by atoms with E-state index < -0.39 is 5.92 Å². The van der Waals surface area contributed by atoms with Crippen LogP contribution in [-0.4, -0.2) is 25.2 Å². The summed E-state index contributed by atoms with van der Waals surface area (Å²) in [6.45, 7) is 7.70. The third-order valence-corrected chi connectivity index (χ3v) is 11.6. The summed E-state index contributed by atoms with van der Waals surface area (Å²) in [5.41, 5.74) is 0. The van der Waals surface area contributed by atoms with Crippen LogP contribution in [0.15, 0.2) is 36.5 Å². The Labute approximate surface area is 363 Å². The molecule has 0 aliphatic heterocycles. The highest BCUT2D eigenvalue weighted by molar-refractivity contribution is 5.81. The zero-order valence-corrected chi connectivity index (χ0v) is 39.4. The first-order chi connectivity index (χ1) is 28.7. The Balaban J connectivity index is 4.27. The molecule has 1 atom stereocenters. The van der Waals surface area contributed by atoms with Gasteiger partial charge in [0.25, 0.3) is 0 Å². The van der Waals surface area contributed by atoms with Crippen LogP contribution < -0.4 is 0 Å². The highest BCUT2D eigenvalue weighted by Gasteiger charge is 2.21. The first-order valence-electron chi connectivity index (χ1n) is 25.9. The molecule has 0 aromatic rings. The number of carbonyl (C=O) groups excluding carboxylic acids is 2. The Morgan fingerprint density at radius 1 is 0.345 bits per heavy atom. The Bertz CT molecular complexity index is 920. The lowest BCUT2D eigenvalue weighted by atomic mass is 10.0. The molecule has 0 fully saturated rings. The predicted octanol–water partition coefficient (Wildman–Crippen LogP) is 18.0. The van der Waals surface area contributed by atoms with Gasteiger partial charge >= 0.3 is 11.9 Å². The lowest BCUT2D eigenvalue weighted by Crippen LogP contribution is -2.21. The van der Waals surface area contributed by atoms with Gasteiger partial charge in [0.15, 0.2) is 0 Å². The predicted molar refractivity (Wildman–Crippen MR) is 255 cm³/mol. The van der Waals surface area contributed by atoms with E-state index in [1.807, 2.05) is 6.08 Å². The maximum Gasteiger partial charge on any atom is 0.313 e. The van der Waals surface area contributed by atoms with Crippen LogP contribution in [0.25, 0.3) is 0 Å². The van der Waals surface area contributed by atoms with Crippen molar-refractivity contribution in [3.63, 3.8) is 0 Å². The molecule has 0 aromatic heterocycles. The summed E-state index contributed by atoms with van der Waals surface area (Å²) in [5, 5.41) is 0. The van der Waals surface area contributed by atoms with E-state index >= 15 is 0 Å². The van der Waals surface area contributed by atoms with Crippen LogP contribution in [0.1, 0.15) is 278 Å². The third kappa shape index (κ3) is 45.2. The van der Waals surface area contributed by atoms with Gasteiger partial charge in [0.05, 0.1) is 25.6 Å². The van der Waals surface area contributed by atoms with Crippen molar-refractivity contribution in [1.29, 1.82) is 0 Å². The highest BCUT2D eigenvalue weighted by Crippen LogP contribution is 2.16. The minimum absolute atomic E-state index is 0.0765. The average molecular weight is 813 g/mol. The van der Waals surface area contributed by atoms with E-state index in [-0.39, 0.29) is 18.4 Å². The molecule has 0 aromatic carbocycles. The fraction of sp³-hybridized carbons (Fsp3) is 0.852. The summed E-state index contributed by atoms with van der Waals surface area (Å²) in [6.07, 6.45) is 62.9. The molecule has 4 heteroatoms. The second-order valence-corrected chi connectivity index (χ2v) is 17.5. The van der Waals surface area contributed by atoms with Crippen LogP contribution >= 0.6 is 0 Å². The SMILES string of the molecule is CCCCCCCC/C=C\CCCCCCCCOC(=O)CC(C=CCCCCCCCCCCCC)C(=O)OCCCCCCCC/C=C\CCCCCCCC. The van der Waals surface area contributed by atoms with Crippen molar-refractivity contribution in [3.05, 3.63) is 36.5 Å². The molecule has 0 rings (SSSR count). The van der Waals surface area contributed by atoms with Crippen molar-refractivity contribution in [2.24, 2.45) is 5.92 Å². The van der Waals surface area contributed by atoms with Crippen LogP contribution in [0.4, 0.5) is 0 Å². The molecule has 0 N–H and O–H groups in total. The summed E-state index contributed by atoms with van der Waals surface area (Å²) >= 11 is 0. The zero-order valence-electron chi connectivity index (χ0n) is 39.4. The van der Waals surface area contributed by atoms with Crippen LogP contribution in [0.2, 0.25) is 0 Å². The summed E-state index contributed by atoms with van der Waals surface area (Å²) in [4.78, 5) is 25.9. The molecule has 1 unspecified atom stereocenters. The summed E-state index contributed by atoms with van der Waals surface area (Å²) in [6, 6.07) is 0. The van der Waals surface area contributed by atoms with Gasteiger partial charge in [0, 0.05) is 0 Å². The molecule has 0 spiro atoms. The molecule has 58 heavy (non-hydrogen) atoms. The number of hydrogen-bond acceptors (Lipinski definition) is 4. The second-order valence-electron chi connectivity index (χ2n) is 17.5. The molecule has 0 saturated carbocycles. The van der Waals surface area contributed by atoms with Gasteiger partial charge in [-0.15, -0.1) is 0 Å². The number of allylic oxidation sites excluding steroid dienone is 5. The standard InChI is InChI=1S/C54H100O4/c1-4-7-10-13-16-19-22-25-27-29-31-34-37-40-43-46-49-57-53(55)51-52(48-45-42-39-36-33-24-21-18-15-12-9-6-3)54(56)58-50-47-44-41-38-35-32-30-28-26-23-20-17-14-11-8-5-2/h25-28,45,48,52H,4-24,29-44,46-47,49-51H2,1-3H3/b27-25-,28-26-,48-45?. The van der Waals surface area contributed by atoms with Crippen molar-refractivity contribution in [3.8, 4) is 0 Å². The Kier molecular flexibility index (Phi) is 48.0. The van der Waals surface area contributed by atoms with E-state index in [9.17, 15) is 9.59 Å². The molecule has 0 aliphatic rings. The fourth-order valence-corrected chi connectivity index (χ4v) is 7.64. The molecule has 0 amide bonds. The molecule has 0 aliphatic carbocycles. The van der Waals surface area contributed by atoms with E-state index in [0.717, 1.165) is 38.5 Å². The molecule has 340 valence electrons. The summed E-state index contributed by atoms with van der Waals surface area (Å²) < 4.78 is 11.3. The van der Waals surface area contributed by atoms with Crippen molar-refractivity contribution in [1.82, 2.24) is 0 Å². The number of unbranched alkanes of at least 4 members (excludes halogenated alkanes) is 34. The fourth-order valence-electron chi connectivity index (χ4n) is 7.64. The second kappa shape index (κ2) is 49.5. The van der Waals surface area contributed by atoms with E-state index in [1.54, 1.807) is 0 Å². The zero-order chi connectivity index (χ0) is 42.1. The molecule has 0 heterocycles. The Morgan fingerprint density at radius 2 is 0.621 bits per heavy atom. The largest absolute Gasteiger partial charge is 0.466 e. The lowest BCUT2D eigenvalue weighted by Gasteiger charge is -2.13. The van der Waals surface area contributed by atoms with Gasteiger partial charge in [0.2, 0.25) is 0 Å². The van der Waals surface area contributed by atoms with E-state index in [1.165, 1.54) is 212 Å². The van der Waals surface area contributed by atoms with Gasteiger partial charge in [0.1, 0.15) is 0 Å². The minimum atomic E-state index is -0.551. The molecular formula is C54H100O4. The van der Waals surface area contributed by atoms with Crippen LogP contribution in [-0.2, 0) is 19.1 Å². The van der Waals surface area contributed by atoms with Crippen molar-refractivity contribution in [2.45, 2.75) is 278 Å². The third-order valence-electron chi connectivity index (χ3n) is 11.6. The Morgan fingerprint density at radius 3 is 0.966 bits per heavy atom. The topological polar surface area (TPSA) is 52.6 Å². The smallest absolute Gasteiger partial charge is 0.313 e. The van der Waals surface area contributed by atoms with E-state index in [4.69, 9.17) is 9.47 Å². The number of ether oxygens (including phenoxy) is 2. The van der Waals surface area contributed by atoms with Crippen LogP contribution in [0, 0.1) is 5.92 Å². The van der Waals surface area contributed by atoms with Gasteiger partial charge in [-0.2, -0.15) is 0 Å². The average Bonchev–Trinajstić information content (AvgIpc) is 3.22. The summed E-state index contributed by atoms with van der Waals surface area (Å²) in [5.74, 6) is -1.11. The number of hydrogen-bond donors (Lipinski definition) is 0. The maximum absolute atomic E-state index is 13.1. The minimum Gasteiger partial charge on any atom is -0.466 e. The van der Waals surface area contributed by atoms with Crippen molar-refractivity contribution in [2.75, 3.05) is 13.2 Å². The van der Waals surface area contributed by atoms with Gasteiger partial charge < -0.3 is 9.47 Å². The van der Waals surface area contributed by atoms with Gasteiger partial charge in [-0.05, 0) is 77.0 Å². The highest BCUT2D eigenvalue weighted by atomic mass is 16.5. The van der Waals surface area contributed by atoms with Crippen LogP contribution in [0.5, 0.6) is 0 Å². The molecular weight excluding hydrogens is 713 g/mol. The van der Waals surface area contributed by atoms with E-state index in [0.29, 0.717) is 13.2 Å². The monoisotopic (exact) mass is 813 g/mol. The van der Waals surface area contributed by atoms with Gasteiger partial charge in [-0.1, -0.05) is 231 Å². The lowest BCUT2D eigenvalue weighted by molar-refractivity contribution is -0.153. The Hall–Kier alpha value is -1.84. The van der Waals surface area contributed by atoms with Crippen molar-refractivity contribution >= 4 is 11.9 Å².